The number of alkyl carbamates (subject to hydrolysis) is 1. The molecule has 0 radical (unpaired) electrons. The van der Waals surface area contributed by atoms with Crippen molar-refractivity contribution in [1.82, 2.24) is 20.6 Å². The minimum absolute atomic E-state index is 0.0558. The number of carboxylic acids is 1. The molecule has 0 bridgehead atoms. The summed E-state index contributed by atoms with van der Waals surface area (Å²) in [5, 5.41) is 14.7. The summed E-state index contributed by atoms with van der Waals surface area (Å²) in [6.07, 6.45) is 0.469. The minimum atomic E-state index is -1.18. The molecule has 0 saturated heterocycles. The third-order valence-corrected chi connectivity index (χ3v) is 4.39. The summed E-state index contributed by atoms with van der Waals surface area (Å²) in [6.45, 7) is 11.2. The highest BCUT2D eigenvalue weighted by molar-refractivity contribution is 5.96. The number of imidazole rings is 1. The second-order valence-corrected chi connectivity index (χ2v) is 9.24. The number of hydrogen-bond acceptors (Lipinski definition) is 6. The average Bonchev–Trinajstić information content (AvgIpc) is 3.03. The number of aromatic nitrogens is 2. The van der Waals surface area contributed by atoms with Crippen molar-refractivity contribution in [3.63, 3.8) is 0 Å². The van der Waals surface area contributed by atoms with Crippen LogP contribution in [-0.2, 0) is 9.53 Å². The van der Waals surface area contributed by atoms with Gasteiger partial charge in [0.25, 0.3) is 5.91 Å². The van der Waals surface area contributed by atoms with E-state index in [-0.39, 0.29) is 30.5 Å². The van der Waals surface area contributed by atoms with Crippen molar-refractivity contribution in [2.24, 2.45) is 22.4 Å². The molecule has 12 nitrogen and oxygen atoms in total. The highest BCUT2D eigenvalue weighted by atomic mass is 16.6. The highest BCUT2D eigenvalue weighted by Gasteiger charge is 2.27. The highest BCUT2D eigenvalue weighted by Crippen LogP contribution is 2.21. The fourth-order valence-corrected chi connectivity index (χ4v) is 3.02. The summed E-state index contributed by atoms with van der Waals surface area (Å²) >= 11 is 0. The number of aromatic amines is 1. The first-order valence-electron chi connectivity index (χ1n) is 10.8. The molecule has 1 aromatic rings. The van der Waals surface area contributed by atoms with Gasteiger partial charge in [-0.3, -0.25) is 9.79 Å². The normalized spacial score (nSPS) is 13.2. The Bertz CT molecular complexity index is 854. The van der Waals surface area contributed by atoms with Gasteiger partial charge >= 0.3 is 12.1 Å². The maximum atomic E-state index is 12.8. The van der Waals surface area contributed by atoms with E-state index in [2.05, 4.69) is 25.6 Å². The van der Waals surface area contributed by atoms with Gasteiger partial charge in [0.1, 0.15) is 23.2 Å². The monoisotopic (exact) mass is 467 g/mol. The molecule has 0 fully saturated rings. The molecule has 0 aliphatic heterocycles. The Labute approximate surface area is 193 Å². The summed E-state index contributed by atoms with van der Waals surface area (Å²) in [5.41, 5.74) is 10.4. The molecule has 0 aliphatic carbocycles. The van der Waals surface area contributed by atoms with Gasteiger partial charge in [0.15, 0.2) is 5.96 Å². The van der Waals surface area contributed by atoms with Crippen LogP contribution in [-0.4, -0.2) is 57.2 Å². The molecular weight excluding hydrogens is 430 g/mol. The van der Waals surface area contributed by atoms with E-state index >= 15 is 0 Å². The van der Waals surface area contributed by atoms with Gasteiger partial charge in [-0.15, -0.1) is 0 Å². The van der Waals surface area contributed by atoms with Crippen molar-refractivity contribution in [2.75, 3.05) is 6.54 Å². The second kappa shape index (κ2) is 12.1. The van der Waals surface area contributed by atoms with Gasteiger partial charge in [-0.25, -0.2) is 14.6 Å². The predicted octanol–water partition coefficient (Wildman–Crippen LogP) is 1.57. The Morgan fingerprint density at radius 3 is 2.36 bits per heavy atom. The van der Waals surface area contributed by atoms with E-state index in [1.54, 1.807) is 27.7 Å². The lowest BCUT2D eigenvalue weighted by Crippen LogP contribution is -2.41. The molecule has 33 heavy (non-hydrogen) atoms. The molecule has 186 valence electrons. The molecule has 0 aromatic carbocycles. The summed E-state index contributed by atoms with van der Waals surface area (Å²) in [5.74, 6) is -1.29. The van der Waals surface area contributed by atoms with E-state index in [9.17, 15) is 19.5 Å². The molecule has 0 saturated carbocycles. The summed E-state index contributed by atoms with van der Waals surface area (Å²) in [4.78, 5) is 47.8. The molecule has 1 aromatic heterocycles. The Hall–Kier alpha value is -3.31. The van der Waals surface area contributed by atoms with Gasteiger partial charge in [-0.05, 0) is 52.9 Å². The number of nitrogens with two attached hydrogens (primary N) is 2. The van der Waals surface area contributed by atoms with Crippen molar-refractivity contribution < 1.29 is 24.2 Å². The first-order chi connectivity index (χ1) is 15.2. The Balaban J connectivity index is 2.97. The topological polar surface area (TPSA) is 198 Å². The molecule has 1 heterocycles. The number of H-pyrrole nitrogens is 1. The molecule has 2 amide bonds. The quantitative estimate of drug-likeness (QED) is 0.160. The van der Waals surface area contributed by atoms with Crippen LogP contribution in [0.2, 0.25) is 0 Å². The lowest BCUT2D eigenvalue weighted by molar-refractivity contribution is -0.139. The zero-order valence-corrected chi connectivity index (χ0v) is 20.2. The van der Waals surface area contributed by atoms with Crippen LogP contribution in [0, 0.1) is 12.8 Å². The smallest absolute Gasteiger partial charge is 0.408 e. The first-order valence-corrected chi connectivity index (χ1v) is 10.8. The molecule has 8 N–H and O–H groups in total. The van der Waals surface area contributed by atoms with Crippen LogP contribution in [0.5, 0.6) is 0 Å². The number of ether oxygens (including phenoxy) is 1. The summed E-state index contributed by atoms with van der Waals surface area (Å²) in [6, 6.07) is -1.65. The zero-order valence-electron chi connectivity index (χ0n) is 20.2. The van der Waals surface area contributed by atoms with Crippen molar-refractivity contribution >= 4 is 23.9 Å². The zero-order chi connectivity index (χ0) is 25.3. The molecular formula is C21H37N7O5. The summed E-state index contributed by atoms with van der Waals surface area (Å²) < 4.78 is 5.34. The number of carbonyl (C=O) groups excluding carboxylic acids is 2. The van der Waals surface area contributed by atoms with Crippen LogP contribution < -0.4 is 22.1 Å². The molecule has 2 atom stereocenters. The summed E-state index contributed by atoms with van der Waals surface area (Å²) in [7, 11) is 0. The number of aliphatic imine (C=N–C) groups is 1. The number of rotatable bonds is 11. The van der Waals surface area contributed by atoms with Crippen molar-refractivity contribution in [1.29, 1.82) is 0 Å². The van der Waals surface area contributed by atoms with Gasteiger partial charge in [-0.2, -0.15) is 0 Å². The number of aliphatic carboxylic acids is 1. The minimum Gasteiger partial charge on any atom is -0.480 e. The van der Waals surface area contributed by atoms with Crippen LogP contribution in [0.1, 0.15) is 81.9 Å². The lowest BCUT2D eigenvalue weighted by atomic mass is 10.0. The van der Waals surface area contributed by atoms with Crippen LogP contribution in [0.25, 0.3) is 0 Å². The second-order valence-electron chi connectivity index (χ2n) is 9.24. The number of carbonyl (C=O) groups is 3. The van der Waals surface area contributed by atoms with Crippen LogP contribution >= 0.6 is 0 Å². The Morgan fingerprint density at radius 1 is 1.21 bits per heavy atom. The standard InChI is InChI=1S/C21H37N7O5/c1-11(2)10-14(27-20(32)33-21(4,5)6)16-25-12(3)15(28-16)17(29)26-13(18(30)31)8-7-9-24-19(22)23/h11,13-14H,7-10H2,1-6H3,(H,25,28)(H,26,29)(H,27,32)(H,30,31)(H4,22,23,24)/t13-,14?/m0/s1. The molecule has 1 unspecified atom stereocenters. The lowest BCUT2D eigenvalue weighted by Gasteiger charge is -2.23. The van der Waals surface area contributed by atoms with Gasteiger partial charge in [0, 0.05) is 12.2 Å². The van der Waals surface area contributed by atoms with E-state index in [4.69, 9.17) is 16.2 Å². The maximum Gasteiger partial charge on any atom is 0.408 e. The first kappa shape index (κ1) is 27.7. The number of amides is 2. The van der Waals surface area contributed by atoms with Crippen LogP contribution in [0.15, 0.2) is 4.99 Å². The molecule has 0 spiro atoms. The Morgan fingerprint density at radius 2 is 1.85 bits per heavy atom. The fourth-order valence-electron chi connectivity index (χ4n) is 3.02. The average molecular weight is 468 g/mol. The van der Waals surface area contributed by atoms with Crippen LogP contribution in [0.4, 0.5) is 4.79 Å². The van der Waals surface area contributed by atoms with E-state index < -0.39 is 35.7 Å². The number of carboxylic acid groups (broad SMARTS) is 1. The van der Waals surface area contributed by atoms with Crippen molar-refractivity contribution in [3.8, 4) is 0 Å². The van der Waals surface area contributed by atoms with E-state index in [1.165, 1.54) is 0 Å². The third-order valence-electron chi connectivity index (χ3n) is 4.39. The largest absolute Gasteiger partial charge is 0.480 e. The van der Waals surface area contributed by atoms with E-state index in [0.717, 1.165) is 0 Å². The van der Waals surface area contributed by atoms with Gasteiger partial charge in [0.2, 0.25) is 0 Å². The van der Waals surface area contributed by atoms with Crippen molar-refractivity contribution in [3.05, 3.63) is 17.2 Å². The predicted molar refractivity (Wildman–Crippen MR) is 124 cm³/mol. The SMILES string of the molecule is Cc1[nH]c(C(CC(C)C)NC(=O)OC(C)(C)C)nc1C(=O)N[C@@H](CCCN=C(N)N)C(=O)O. The molecule has 12 heteroatoms. The number of nitrogens with zero attached hydrogens (tertiary/aromatic N) is 2. The van der Waals surface area contributed by atoms with Crippen LogP contribution in [0.3, 0.4) is 0 Å². The van der Waals surface area contributed by atoms with E-state index in [1.807, 2.05) is 13.8 Å². The number of hydrogen-bond donors (Lipinski definition) is 6. The maximum absolute atomic E-state index is 12.8. The number of nitrogens with one attached hydrogen (secondary N) is 3. The Kier molecular flexibility index (Phi) is 10.1. The van der Waals surface area contributed by atoms with Crippen molar-refractivity contribution in [2.45, 2.75) is 78.5 Å². The van der Waals surface area contributed by atoms with E-state index in [0.29, 0.717) is 24.4 Å². The molecule has 0 aliphatic rings. The van der Waals surface area contributed by atoms with Gasteiger partial charge < -0.3 is 36.9 Å². The third kappa shape index (κ3) is 10.2. The number of aryl methyl sites for hydroxylation is 1. The number of guanidine groups is 1. The van der Waals surface area contributed by atoms with Gasteiger partial charge in [-0.1, -0.05) is 13.8 Å². The molecule has 1 rings (SSSR count). The fraction of sp³-hybridized carbons (Fsp3) is 0.667. The van der Waals surface area contributed by atoms with Gasteiger partial charge in [0.05, 0.1) is 6.04 Å².